The van der Waals surface area contributed by atoms with Crippen LogP contribution in [0.1, 0.15) is 47.0 Å². The fourth-order valence-corrected chi connectivity index (χ4v) is 3.85. The normalized spacial score (nSPS) is 47.2. The van der Waals surface area contributed by atoms with Crippen LogP contribution in [0.3, 0.4) is 0 Å². The van der Waals surface area contributed by atoms with Crippen LogP contribution >= 0.6 is 0 Å². The summed E-state index contributed by atoms with van der Waals surface area (Å²) in [5, 5.41) is 0. The quantitative estimate of drug-likeness (QED) is 0.821. The third-order valence-corrected chi connectivity index (χ3v) is 5.21. The molecule has 1 aliphatic carbocycles. The Bertz CT molecular complexity index is 274. The Morgan fingerprint density at radius 2 is 1.72 bits per heavy atom. The smallest absolute Gasteiger partial charge is 0.0678 e. The van der Waals surface area contributed by atoms with E-state index in [-0.39, 0.29) is 5.54 Å². The monoisotopic (exact) mass is 254 g/mol. The second kappa shape index (κ2) is 5.48. The zero-order valence-electron chi connectivity index (χ0n) is 12.5. The van der Waals surface area contributed by atoms with E-state index in [1.165, 1.54) is 19.3 Å². The van der Waals surface area contributed by atoms with Gasteiger partial charge in [0.2, 0.25) is 0 Å². The molecular weight excluding hydrogens is 224 g/mol. The molecule has 2 rings (SSSR count). The van der Waals surface area contributed by atoms with E-state index in [0.29, 0.717) is 12.2 Å². The van der Waals surface area contributed by atoms with Crippen LogP contribution < -0.4 is 5.73 Å². The maximum atomic E-state index is 6.19. The zero-order chi connectivity index (χ0) is 13.3. The predicted molar refractivity (Wildman–Crippen MR) is 75.5 cm³/mol. The van der Waals surface area contributed by atoms with Crippen LogP contribution in [0.5, 0.6) is 0 Å². The maximum absolute atomic E-state index is 6.19. The summed E-state index contributed by atoms with van der Waals surface area (Å²) in [4.78, 5) is 2.63. The zero-order valence-corrected chi connectivity index (χ0v) is 12.5. The van der Waals surface area contributed by atoms with Crippen molar-refractivity contribution >= 4 is 0 Å². The lowest BCUT2D eigenvalue weighted by molar-refractivity contribution is -0.114. The molecule has 1 aliphatic heterocycles. The highest BCUT2D eigenvalue weighted by molar-refractivity contribution is 4.99. The Labute approximate surface area is 112 Å². The molecule has 2 fully saturated rings. The molecule has 0 aromatic carbocycles. The fraction of sp³-hybridized carbons (Fsp3) is 1.00. The van der Waals surface area contributed by atoms with E-state index in [2.05, 4.69) is 32.6 Å². The molecule has 1 saturated heterocycles. The molecule has 5 atom stereocenters. The SMILES string of the molecule is CC1CN(C2(CN)CCC(C)C(C)C2)CC(C)O1. The van der Waals surface area contributed by atoms with Gasteiger partial charge in [-0.1, -0.05) is 13.8 Å². The highest BCUT2D eigenvalue weighted by atomic mass is 16.5. The lowest BCUT2D eigenvalue weighted by Crippen LogP contribution is -2.62. The number of rotatable bonds is 2. The van der Waals surface area contributed by atoms with Gasteiger partial charge in [-0.2, -0.15) is 0 Å². The van der Waals surface area contributed by atoms with Crippen molar-refractivity contribution in [1.82, 2.24) is 4.90 Å². The highest BCUT2D eigenvalue weighted by Gasteiger charge is 2.43. The van der Waals surface area contributed by atoms with Crippen LogP contribution in [0, 0.1) is 11.8 Å². The van der Waals surface area contributed by atoms with E-state index in [1.807, 2.05) is 0 Å². The average Bonchev–Trinajstić information content (AvgIpc) is 2.31. The second-order valence-electron chi connectivity index (χ2n) is 6.79. The lowest BCUT2D eigenvalue weighted by Gasteiger charge is -2.52. The van der Waals surface area contributed by atoms with Crippen LogP contribution in [-0.4, -0.2) is 42.3 Å². The minimum absolute atomic E-state index is 0.234. The minimum Gasteiger partial charge on any atom is -0.373 e. The van der Waals surface area contributed by atoms with Gasteiger partial charge >= 0.3 is 0 Å². The number of morpholine rings is 1. The maximum Gasteiger partial charge on any atom is 0.0678 e. The topological polar surface area (TPSA) is 38.5 Å². The van der Waals surface area contributed by atoms with E-state index >= 15 is 0 Å². The summed E-state index contributed by atoms with van der Waals surface area (Å²) in [6.45, 7) is 12.0. The van der Waals surface area contributed by atoms with Crippen LogP contribution in [0.15, 0.2) is 0 Å². The number of nitrogens with two attached hydrogens (primary N) is 1. The first-order valence-electron chi connectivity index (χ1n) is 7.57. The van der Waals surface area contributed by atoms with E-state index in [1.54, 1.807) is 0 Å². The summed E-state index contributed by atoms with van der Waals surface area (Å²) in [5.41, 5.74) is 6.42. The molecule has 3 nitrogen and oxygen atoms in total. The molecule has 1 heterocycles. The molecule has 0 amide bonds. The van der Waals surface area contributed by atoms with Gasteiger partial charge in [0, 0.05) is 25.2 Å². The number of hydrogen-bond donors (Lipinski definition) is 1. The third-order valence-electron chi connectivity index (χ3n) is 5.21. The van der Waals surface area contributed by atoms with Crippen molar-refractivity contribution in [2.75, 3.05) is 19.6 Å². The van der Waals surface area contributed by atoms with Crippen molar-refractivity contribution < 1.29 is 4.74 Å². The van der Waals surface area contributed by atoms with Gasteiger partial charge in [-0.25, -0.2) is 0 Å². The van der Waals surface area contributed by atoms with E-state index < -0.39 is 0 Å². The fourth-order valence-electron chi connectivity index (χ4n) is 3.85. The second-order valence-corrected chi connectivity index (χ2v) is 6.79. The molecule has 106 valence electrons. The molecule has 18 heavy (non-hydrogen) atoms. The molecule has 5 unspecified atom stereocenters. The molecule has 3 heteroatoms. The summed E-state index contributed by atoms with van der Waals surface area (Å²) in [5.74, 6) is 1.64. The summed E-state index contributed by atoms with van der Waals surface area (Å²) in [6, 6.07) is 0. The summed E-state index contributed by atoms with van der Waals surface area (Å²) in [6.07, 6.45) is 4.51. The molecule has 2 N–H and O–H groups in total. The van der Waals surface area contributed by atoms with E-state index in [9.17, 15) is 0 Å². The number of ether oxygens (including phenoxy) is 1. The van der Waals surface area contributed by atoms with Crippen LogP contribution in [-0.2, 0) is 4.74 Å². The molecule has 2 aliphatic rings. The summed E-state index contributed by atoms with van der Waals surface area (Å²) in [7, 11) is 0. The lowest BCUT2D eigenvalue weighted by atomic mass is 9.70. The highest BCUT2D eigenvalue weighted by Crippen LogP contribution is 2.40. The predicted octanol–water partition coefficient (Wildman–Crippen LogP) is 2.25. The molecule has 0 aromatic heterocycles. The Hall–Kier alpha value is -0.120. The largest absolute Gasteiger partial charge is 0.373 e. The Morgan fingerprint density at radius 3 is 2.22 bits per heavy atom. The van der Waals surface area contributed by atoms with Gasteiger partial charge in [-0.05, 0) is 44.9 Å². The Balaban J connectivity index is 2.11. The van der Waals surface area contributed by atoms with Crippen LogP contribution in [0.4, 0.5) is 0 Å². The summed E-state index contributed by atoms with van der Waals surface area (Å²) < 4.78 is 5.86. The first kappa shape index (κ1) is 14.3. The standard InChI is InChI=1S/C15H30N2O/c1-11-5-6-15(10-16,7-12(11)2)17-8-13(3)18-14(4)9-17/h11-14H,5-10,16H2,1-4H3. The van der Waals surface area contributed by atoms with Crippen molar-refractivity contribution in [2.24, 2.45) is 17.6 Å². The van der Waals surface area contributed by atoms with Gasteiger partial charge in [0.25, 0.3) is 0 Å². The van der Waals surface area contributed by atoms with Crippen LogP contribution in [0.2, 0.25) is 0 Å². The number of nitrogens with zero attached hydrogens (tertiary/aromatic N) is 1. The molecule has 0 bridgehead atoms. The van der Waals surface area contributed by atoms with Gasteiger partial charge in [0.1, 0.15) is 0 Å². The van der Waals surface area contributed by atoms with Crippen molar-refractivity contribution in [3.63, 3.8) is 0 Å². The molecule has 0 radical (unpaired) electrons. The average molecular weight is 254 g/mol. The van der Waals surface area contributed by atoms with Gasteiger partial charge in [-0.15, -0.1) is 0 Å². The number of hydrogen-bond acceptors (Lipinski definition) is 3. The van der Waals surface area contributed by atoms with Gasteiger partial charge in [0.15, 0.2) is 0 Å². The van der Waals surface area contributed by atoms with Crippen molar-refractivity contribution in [2.45, 2.75) is 64.7 Å². The molecule has 0 spiro atoms. The Kier molecular flexibility index (Phi) is 4.35. The Morgan fingerprint density at radius 1 is 1.11 bits per heavy atom. The molecule has 1 saturated carbocycles. The van der Waals surface area contributed by atoms with Gasteiger partial charge < -0.3 is 10.5 Å². The third kappa shape index (κ3) is 2.73. The molecular formula is C15H30N2O. The first-order chi connectivity index (χ1) is 8.47. The van der Waals surface area contributed by atoms with Crippen molar-refractivity contribution in [1.29, 1.82) is 0 Å². The van der Waals surface area contributed by atoms with Gasteiger partial charge in [0.05, 0.1) is 12.2 Å². The van der Waals surface area contributed by atoms with Crippen LogP contribution in [0.25, 0.3) is 0 Å². The van der Waals surface area contributed by atoms with E-state index in [0.717, 1.165) is 31.5 Å². The van der Waals surface area contributed by atoms with Crippen molar-refractivity contribution in [3.8, 4) is 0 Å². The van der Waals surface area contributed by atoms with Crippen molar-refractivity contribution in [3.05, 3.63) is 0 Å². The van der Waals surface area contributed by atoms with Gasteiger partial charge in [-0.3, -0.25) is 4.90 Å². The summed E-state index contributed by atoms with van der Waals surface area (Å²) >= 11 is 0. The first-order valence-corrected chi connectivity index (χ1v) is 7.57. The van der Waals surface area contributed by atoms with E-state index in [4.69, 9.17) is 10.5 Å². The molecule has 0 aromatic rings. The minimum atomic E-state index is 0.234.